The van der Waals surface area contributed by atoms with Crippen LogP contribution < -0.4 is 0 Å². The zero-order valence-electron chi connectivity index (χ0n) is 11.1. The van der Waals surface area contributed by atoms with E-state index in [1.165, 1.54) is 6.92 Å². The molecule has 2 fully saturated rings. The summed E-state index contributed by atoms with van der Waals surface area (Å²) in [5.74, 6) is 0. The molecule has 1 saturated heterocycles. The van der Waals surface area contributed by atoms with E-state index in [0.717, 1.165) is 51.4 Å². The molecule has 0 bridgehead atoms. The van der Waals surface area contributed by atoms with Gasteiger partial charge in [-0.1, -0.05) is 39.0 Å². The second-order valence-corrected chi connectivity index (χ2v) is 7.23. The highest BCUT2D eigenvalue weighted by Crippen LogP contribution is 2.43. The Hall–Kier alpha value is -0.170. The van der Waals surface area contributed by atoms with Crippen molar-refractivity contribution in [1.82, 2.24) is 0 Å². The molecule has 1 saturated carbocycles. The lowest BCUT2D eigenvalue weighted by Crippen LogP contribution is -2.40. The minimum atomic E-state index is -3.82. The van der Waals surface area contributed by atoms with Crippen molar-refractivity contribution in [1.29, 1.82) is 0 Å². The highest BCUT2D eigenvalue weighted by Gasteiger charge is 2.60. The zero-order valence-corrected chi connectivity index (χ0v) is 11.9. The third-order valence-electron chi connectivity index (χ3n) is 3.81. The van der Waals surface area contributed by atoms with E-state index >= 15 is 0 Å². The summed E-state index contributed by atoms with van der Waals surface area (Å²) in [6.07, 6.45) is 7.63. The van der Waals surface area contributed by atoms with Crippen molar-refractivity contribution in [3.63, 3.8) is 0 Å². The number of unbranched alkanes of at least 4 members (excludes halogenated alkanes) is 1. The highest BCUT2D eigenvalue weighted by molar-refractivity contribution is 7.88. The molecule has 1 aliphatic carbocycles. The molecule has 0 spiro atoms. The Balaban J connectivity index is 2.09. The monoisotopic (exact) mass is 278 g/mol. The van der Waals surface area contributed by atoms with Crippen LogP contribution >= 0.6 is 0 Å². The Morgan fingerprint density at radius 3 is 2.28 bits per heavy atom. The average Bonchev–Trinajstić information content (AvgIpc) is 3.07. The van der Waals surface area contributed by atoms with Crippen molar-refractivity contribution in [3.8, 4) is 0 Å². The van der Waals surface area contributed by atoms with Crippen molar-refractivity contribution >= 4 is 10.1 Å². The first-order valence-electron chi connectivity index (χ1n) is 6.75. The fourth-order valence-electron chi connectivity index (χ4n) is 2.52. The van der Waals surface area contributed by atoms with E-state index in [4.69, 9.17) is 4.18 Å². The molecule has 0 atom stereocenters. The molecule has 0 N–H and O–H groups in total. The van der Waals surface area contributed by atoms with E-state index in [1.54, 1.807) is 0 Å². The Bertz CT molecular complexity index is 379. The first kappa shape index (κ1) is 14.2. The first-order chi connectivity index (χ1) is 8.43. The predicted octanol–water partition coefficient (Wildman–Crippen LogP) is 2.86. The van der Waals surface area contributed by atoms with E-state index in [-0.39, 0.29) is 0 Å². The van der Waals surface area contributed by atoms with Crippen molar-refractivity contribution in [2.45, 2.75) is 75.9 Å². The summed E-state index contributed by atoms with van der Waals surface area (Å²) in [6.45, 7) is 3.47. The van der Waals surface area contributed by atoms with Gasteiger partial charge in [-0.2, -0.15) is 18.2 Å². The lowest BCUT2D eigenvalue weighted by molar-refractivity contribution is 0.0228. The van der Waals surface area contributed by atoms with Gasteiger partial charge in [0, 0.05) is 6.92 Å². The topological polar surface area (TPSA) is 68.4 Å². The third kappa shape index (κ3) is 2.87. The van der Waals surface area contributed by atoms with Crippen LogP contribution in [0.5, 0.6) is 0 Å². The fraction of sp³-hybridized carbons (Fsp3) is 1.00. The standard InChI is InChI=1S/C12H22O5S/c1-3-4-8-12(9-6-5-7-10-12)17-18(13,14)11(2)15-16-11/h3-10H2,1-2H3. The Morgan fingerprint density at radius 2 is 1.78 bits per heavy atom. The van der Waals surface area contributed by atoms with E-state index in [0.29, 0.717) is 0 Å². The molecule has 1 heterocycles. The van der Waals surface area contributed by atoms with Gasteiger partial charge in [0.2, 0.25) is 0 Å². The average molecular weight is 278 g/mol. The van der Waals surface area contributed by atoms with Gasteiger partial charge in [-0.25, -0.2) is 0 Å². The minimum absolute atomic E-state index is 0.536. The highest BCUT2D eigenvalue weighted by atomic mass is 32.2. The molecular weight excluding hydrogens is 256 g/mol. The van der Waals surface area contributed by atoms with Crippen molar-refractivity contribution in [2.24, 2.45) is 0 Å². The van der Waals surface area contributed by atoms with Crippen LogP contribution in [0.15, 0.2) is 0 Å². The van der Waals surface area contributed by atoms with Crippen molar-refractivity contribution in [3.05, 3.63) is 0 Å². The second kappa shape index (κ2) is 5.07. The van der Waals surface area contributed by atoms with Gasteiger partial charge >= 0.3 is 15.2 Å². The number of hydrogen-bond acceptors (Lipinski definition) is 5. The Morgan fingerprint density at radius 1 is 1.17 bits per heavy atom. The summed E-state index contributed by atoms with van der Waals surface area (Å²) >= 11 is 0. The maximum atomic E-state index is 12.1. The molecule has 1 aliphatic heterocycles. The molecule has 0 aromatic heterocycles. The molecule has 0 aromatic carbocycles. The van der Waals surface area contributed by atoms with Gasteiger partial charge in [-0.05, 0) is 19.3 Å². The molecule has 0 unspecified atom stereocenters. The van der Waals surface area contributed by atoms with Crippen molar-refractivity contribution in [2.75, 3.05) is 0 Å². The fourth-order valence-corrected chi connectivity index (χ4v) is 3.59. The quantitative estimate of drug-likeness (QED) is 0.424. The Kier molecular flexibility index (Phi) is 4.02. The van der Waals surface area contributed by atoms with Crippen LogP contribution in [0.4, 0.5) is 0 Å². The third-order valence-corrected chi connectivity index (χ3v) is 5.43. The molecular formula is C12H22O5S. The normalized spacial score (nSPS) is 25.9. The van der Waals surface area contributed by atoms with Crippen LogP contribution in [-0.4, -0.2) is 19.1 Å². The molecule has 6 heteroatoms. The smallest absolute Gasteiger partial charge is 0.259 e. The largest absolute Gasteiger partial charge is 0.353 e. The van der Waals surface area contributed by atoms with Gasteiger partial charge < -0.3 is 0 Å². The molecule has 0 amide bonds. The van der Waals surface area contributed by atoms with Gasteiger partial charge in [0.25, 0.3) is 0 Å². The van der Waals surface area contributed by atoms with Crippen LogP contribution in [0.2, 0.25) is 0 Å². The van der Waals surface area contributed by atoms with Gasteiger partial charge in [-0.3, -0.25) is 4.18 Å². The van der Waals surface area contributed by atoms with E-state index in [9.17, 15) is 8.42 Å². The number of rotatable bonds is 6. The molecule has 0 radical (unpaired) electrons. The Labute approximate surface area is 109 Å². The molecule has 5 nitrogen and oxygen atoms in total. The molecule has 2 rings (SSSR count). The SMILES string of the molecule is CCCCC1(OS(=O)(=O)C2(C)OO2)CCCCC1. The lowest BCUT2D eigenvalue weighted by atomic mass is 9.81. The van der Waals surface area contributed by atoms with Crippen LogP contribution in [0.25, 0.3) is 0 Å². The second-order valence-electron chi connectivity index (χ2n) is 5.41. The zero-order chi connectivity index (χ0) is 13.3. The van der Waals surface area contributed by atoms with E-state index in [1.807, 2.05) is 0 Å². The maximum Gasteiger partial charge on any atom is 0.353 e. The summed E-state index contributed by atoms with van der Waals surface area (Å²) in [4.78, 5) is 9.08. The van der Waals surface area contributed by atoms with Crippen LogP contribution in [0.3, 0.4) is 0 Å². The predicted molar refractivity (Wildman–Crippen MR) is 65.9 cm³/mol. The lowest BCUT2D eigenvalue weighted by Gasteiger charge is -2.36. The van der Waals surface area contributed by atoms with Crippen LogP contribution in [0.1, 0.15) is 65.2 Å². The van der Waals surface area contributed by atoms with Crippen LogP contribution in [0, 0.1) is 0 Å². The molecule has 2 aliphatic rings. The van der Waals surface area contributed by atoms with Gasteiger partial charge in [0.15, 0.2) is 0 Å². The summed E-state index contributed by atoms with van der Waals surface area (Å²) in [7, 11) is -3.82. The van der Waals surface area contributed by atoms with Gasteiger partial charge in [-0.15, -0.1) is 0 Å². The van der Waals surface area contributed by atoms with Gasteiger partial charge in [0.1, 0.15) is 0 Å². The van der Waals surface area contributed by atoms with Crippen molar-refractivity contribution < 1.29 is 22.4 Å². The minimum Gasteiger partial charge on any atom is -0.259 e. The summed E-state index contributed by atoms with van der Waals surface area (Å²) in [5, 5.41) is -1.58. The molecule has 106 valence electrons. The summed E-state index contributed by atoms with van der Waals surface area (Å²) < 4.78 is 29.7. The summed E-state index contributed by atoms with van der Waals surface area (Å²) in [5.41, 5.74) is -0.536. The molecule has 18 heavy (non-hydrogen) atoms. The summed E-state index contributed by atoms with van der Waals surface area (Å²) in [6, 6.07) is 0. The van der Waals surface area contributed by atoms with Crippen LogP contribution in [-0.2, 0) is 24.1 Å². The first-order valence-corrected chi connectivity index (χ1v) is 8.16. The number of hydrogen-bond donors (Lipinski definition) is 0. The molecule has 0 aromatic rings. The van der Waals surface area contributed by atoms with Gasteiger partial charge in [0.05, 0.1) is 5.60 Å². The van der Waals surface area contributed by atoms with E-state index < -0.39 is 20.8 Å². The maximum absolute atomic E-state index is 12.1. The van der Waals surface area contributed by atoms with E-state index in [2.05, 4.69) is 16.7 Å².